The molecule has 0 amide bonds. The van der Waals surface area contributed by atoms with Crippen LogP contribution < -0.4 is 4.90 Å². The first-order chi connectivity index (χ1) is 8.98. The number of fused-ring (bicyclic) bond motifs is 1. The molecule has 1 unspecified atom stereocenters. The van der Waals surface area contributed by atoms with Gasteiger partial charge in [0, 0.05) is 18.5 Å². The van der Waals surface area contributed by atoms with Crippen LogP contribution in [0.1, 0.15) is 19.8 Å². The zero-order chi connectivity index (χ0) is 13.6. The number of anilines is 1. The van der Waals surface area contributed by atoms with Crippen LogP contribution in [-0.4, -0.2) is 38.1 Å². The summed E-state index contributed by atoms with van der Waals surface area (Å²) in [4.78, 5) is 17.6. The van der Waals surface area contributed by atoms with Crippen molar-refractivity contribution >= 4 is 27.9 Å². The van der Waals surface area contributed by atoms with Crippen LogP contribution in [0.3, 0.4) is 0 Å². The molecule has 0 aliphatic carbocycles. The number of nitrogens with zero attached hydrogens (tertiary/aromatic N) is 4. The van der Waals surface area contributed by atoms with E-state index in [4.69, 9.17) is 0 Å². The van der Waals surface area contributed by atoms with Gasteiger partial charge in [0.25, 0.3) is 4.96 Å². The summed E-state index contributed by atoms with van der Waals surface area (Å²) in [7, 11) is 0. The van der Waals surface area contributed by atoms with E-state index in [0.717, 1.165) is 6.42 Å². The van der Waals surface area contributed by atoms with Crippen molar-refractivity contribution in [2.24, 2.45) is 0 Å². The summed E-state index contributed by atoms with van der Waals surface area (Å²) in [6.45, 7) is 2.81. The highest BCUT2D eigenvalue weighted by Crippen LogP contribution is 2.34. The number of β-amino-alcohol motifs (C(OH)–C–C–N with tert-alkyl or cyclic N) is 1. The van der Waals surface area contributed by atoms with Crippen LogP contribution in [0.4, 0.5) is 11.6 Å². The van der Waals surface area contributed by atoms with E-state index in [1.165, 1.54) is 15.7 Å². The fourth-order valence-electron chi connectivity index (χ4n) is 2.55. The van der Waals surface area contributed by atoms with E-state index in [1.807, 2.05) is 0 Å². The lowest BCUT2D eigenvalue weighted by Gasteiger charge is -2.36. The molecule has 1 N–H and O–H groups in total. The minimum atomic E-state index is -0.816. The molecule has 1 fully saturated rings. The highest BCUT2D eigenvalue weighted by atomic mass is 32.1. The van der Waals surface area contributed by atoms with Crippen molar-refractivity contribution in [1.82, 2.24) is 9.38 Å². The second-order valence-electron chi connectivity index (χ2n) is 5.09. The van der Waals surface area contributed by atoms with Gasteiger partial charge in [-0.3, -0.25) is 0 Å². The van der Waals surface area contributed by atoms with Crippen LogP contribution in [0.5, 0.6) is 0 Å². The van der Waals surface area contributed by atoms with Crippen molar-refractivity contribution in [2.75, 3.05) is 18.0 Å². The Hall–Kier alpha value is -1.67. The first kappa shape index (κ1) is 12.4. The average Bonchev–Trinajstić information content (AvgIpc) is 2.85. The summed E-state index contributed by atoms with van der Waals surface area (Å²) in [5, 5.41) is 23.1. The van der Waals surface area contributed by atoms with Crippen molar-refractivity contribution < 1.29 is 10.0 Å². The van der Waals surface area contributed by atoms with Gasteiger partial charge in [-0.1, -0.05) is 11.3 Å². The number of thiazole rings is 1. The summed E-state index contributed by atoms with van der Waals surface area (Å²) in [6, 6.07) is 0. The van der Waals surface area contributed by atoms with Gasteiger partial charge in [-0.15, -0.1) is 0 Å². The summed E-state index contributed by atoms with van der Waals surface area (Å²) in [5.74, 6) is 0.339. The number of hydrogen-bond donors (Lipinski definition) is 1. The Bertz CT molecular complexity index is 633. The molecule has 1 atom stereocenters. The molecule has 1 aliphatic rings. The summed E-state index contributed by atoms with van der Waals surface area (Å²) >= 11 is 1.36. The fraction of sp³-hybridized carbons (Fsp3) is 0.545. The zero-order valence-corrected chi connectivity index (χ0v) is 11.3. The maximum absolute atomic E-state index is 11.3. The number of aliphatic hydroxyl groups is 1. The molecule has 102 valence electrons. The SMILES string of the molecule is CC1(O)CCCN(c2nc3sccn3c2[N+](=O)[O-])C1. The van der Waals surface area contributed by atoms with E-state index >= 15 is 0 Å². The highest BCUT2D eigenvalue weighted by molar-refractivity contribution is 7.15. The first-order valence-corrected chi connectivity index (χ1v) is 6.93. The number of hydrogen-bond acceptors (Lipinski definition) is 6. The third-order valence-corrected chi connectivity index (χ3v) is 4.12. The van der Waals surface area contributed by atoms with Crippen LogP contribution in [0.25, 0.3) is 4.96 Å². The van der Waals surface area contributed by atoms with Crippen LogP contribution in [-0.2, 0) is 0 Å². The average molecular weight is 282 g/mol. The van der Waals surface area contributed by atoms with Gasteiger partial charge < -0.3 is 20.1 Å². The minimum Gasteiger partial charge on any atom is -0.388 e. The monoisotopic (exact) mass is 282 g/mol. The van der Waals surface area contributed by atoms with Gasteiger partial charge in [0.05, 0.1) is 5.60 Å². The molecule has 0 radical (unpaired) electrons. The molecule has 2 aromatic heterocycles. The Labute approximate surface area is 113 Å². The Morgan fingerprint density at radius 1 is 1.63 bits per heavy atom. The Morgan fingerprint density at radius 2 is 2.42 bits per heavy atom. The van der Waals surface area contributed by atoms with E-state index in [0.29, 0.717) is 30.3 Å². The van der Waals surface area contributed by atoms with Gasteiger partial charge in [0.15, 0.2) is 0 Å². The molecule has 0 bridgehead atoms. The highest BCUT2D eigenvalue weighted by Gasteiger charge is 2.34. The number of rotatable bonds is 2. The molecule has 19 heavy (non-hydrogen) atoms. The Balaban J connectivity index is 2.06. The lowest BCUT2D eigenvalue weighted by molar-refractivity contribution is -0.389. The van der Waals surface area contributed by atoms with E-state index in [1.54, 1.807) is 23.4 Å². The second-order valence-corrected chi connectivity index (χ2v) is 5.97. The quantitative estimate of drug-likeness (QED) is 0.669. The number of imidazole rings is 1. The molecule has 2 aromatic rings. The molecule has 3 rings (SSSR count). The maximum atomic E-state index is 11.3. The summed E-state index contributed by atoms with van der Waals surface area (Å²) in [5.41, 5.74) is -0.816. The fourth-order valence-corrected chi connectivity index (χ4v) is 3.25. The number of nitro groups is 1. The standard InChI is InChI=1S/C11H14N4O3S/c1-11(16)3-2-4-13(7-11)8-9(15(17)18)14-5-6-19-10(14)12-8/h5-6,16H,2-4,7H2,1H3. The van der Waals surface area contributed by atoms with E-state index in [2.05, 4.69) is 4.98 Å². The van der Waals surface area contributed by atoms with Crippen molar-refractivity contribution in [3.05, 3.63) is 21.7 Å². The van der Waals surface area contributed by atoms with Gasteiger partial charge in [-0.05, 0) is 24.7 Å². The van der Waals surface area contributed by atoms with Crippen LogP contribution >= 0.6 is 11.3 Å². The predicted molar refractivity (Wildman–Crippen MR) is 71.8 cm³/mol. The summed E-state index contributed by atoms with van der Waals surface area (Å²) in [6.07, 6.45) is 3.16. The van der Waals surface area contributed by atoms with Crippen LogP contribution in [0, 0.1) is 10.1 Å². The Kier molecular flexibility index (Phi) is 2.72. The van der Waals surface area contributed by atoms with Crippen molar-refractivity contribution in [3.63, 3.8) is 0 Å². The molecule has 1 aliphatic heterocycles. The van der Waals surface area contributed by atoms with Crippen LogP contribution in [0.15, 0.2) is 11.6 Å². The van der Waals surface area contributed by atoms with E-state index in [9.17, 15) is 15.2 Å². The maximum Gasteiger partial charge on any atom is 0.373 e. The van der Waals surface area contributed by atoms with Gasteiger partial charge in [-0.2, -0.15) is 9.38 Å². The molecule has 7 nitrogen and oxygen atoms in total. The van der Waals surface area contributed by atoms with Gasteiger partial charge in [-0.25, -0.2) is 0 Å². The largest absolute Gasteiger partial charge is 0.388 e. The topological polar surface area (TPSA) is 83.9 Å². The molecular weight excluding hydrogens is 268 g/mol. The van der Waals surface area contributed by atoms with Crippen molar-refractivity contribution in [1.29, 1.82) is 0 Å². The molecule has 3 heterocycles. The van der Waals surface area contributed by atoms with Crippen molar-refractivity contribution in [2.45, 2.75) is 25.4 Å². The molecule has 0 saturated carbocycles. The van der Waals surface area contributed by atoms with Gasteiger partial charge in [0.1, 0.15) is 6.20 Å². The lowest BCUT2D eigenvalue weighted by Crippen LogP contribution is -2.46. The lowest BCUT2D eigenvalue weighted by atomic mass is 9.95. The minimum absolute atomic E-state index is 0.0195. The molecule has 0 spiro atoms. The number of aromatic nitrogens is 2. The van der Waals surface area contributed by atoms with Crippen LogP contribution in [0.2, 0.25) is 0 Å². The third kappa shape index (κ3) is 2.06. The van der Waals surface area contributed by atoms with Crippen molar-refractivity contribution in [3.8, 4) is 0 Å². The Morgan fingerprint density at radius 3 is 3.11 bits per heavy atom. The second kappa shape index (κ2) is 4.17. The molecule has 1 saturated heterocycles. The van der Waals surface area contributed by atoms with Gasteiger partial charge >= 0.3 is 5.82 Å². The zero-order valence-electron chi connectivity index (χ0n) is 10.4. The van der Waals surface area contributed by atoms with E-state index < -0.39 is 10.5 Å². The molecular formula is C11H14N4O3S. The first-order valence-electron chi connectivity index (χ1n) is 6.05. The third-order valence-electron chi connectivity index (χ3n) is 3.37. The summed E-state index contributed by atoms with van der Waals surface area (Å²) < 4.78 is 1.49. The molecule has 0 aromatic carbocycles. The molecule has 8 heteroatoms. The smallest absolute Gasteiger partial charge is 0.373 e. The van der Waals surface area contributed by atoms with Gasteiger partial charge in [0.2, 0.25) is 5.82 Å². The van der Waals surface area contributed by atoms with E-state index in [-0.39, 0.29) is 5.82 Å². The predicted octanol–water partition coefficient (Wildman–Crippen LogP) is 1.66. The number of piperidine rings is 1. The normalized spacial score (nSPS) is 24.0.